The quantitative estimate of drug-likeness (QED) is 0.202. The summed E-state index contributed by atoms with van der Waals surface area (Å²) >= 11 is 0. The van der Waals surface area contributed by atoms with E-state index in [1.54, 1.807) is 13.2 Å². The van der Waals surface area contributed by atoms with Gasteiger partial charge in [0.05, 0.1) is 7.11 Å². The zero-order valence-electron chi connectivity index (χ0n) is 25.3. The molecule has 1 saturated carbocycles. The van der Waals surface area contributed by atoms with Crippen LogP contribution < -0.4 is 9.47 Å². The zero-order valence-corrected chi connectivity index (χ0v) is 25.3. The Morgan fingerprint density at radius 1 is 1.12 bits per heavy atom. The number of nitrogens with zero attached hydrogens (tertiary/aromatic N) is 2. The van der Waals surface area contributed by atoms with Crippen molar-refractivity contribution in [1.29, 1.82) is 0 Å². The molecule has 0 unspecified atom stereocenters. The second kappa shape index (κ2) is 12.4. The Morgan fingerprint density at radius 3 is 2.71 bits per heavy atom. The number of unbranched alkanes of at least 4 members (excludes halogenated alkanes) is 4. The van der Waals surface area contributed by atoms with Crippen LogP contribution in [0.3, 0.4) is 0 Å². The van der Waals surface area contributed by atoms with Gasteiger partial charge in [-0.15, -0.1) is 6.58 Å². The molecular formula is C36H50N2O3. The molecule has 1 N–H and O–H groups in total. The maximum absolute atomic E-state index is 11.2. The molecule has 1 spiro atoms. The highest BCUT2D eigenvalue weighted by atomic mass is 16.5. The zero-order chi connectivity index (χ0) is 28.4. The molecule has 5 atom stereocenters. The van der Waals surface area contributed by atoms with E-state index in [4.69, 9.17) is 9.47 Å². The van der Waals surface area contributed by atoms with Gasteiger partial charge in [0.15, 0.2) is 11.5 Å². The lowest BCUT2D eigenvalue weighted by molar-refractivity contribution is -0.0866. The average molecular weight is 559 g/mol. The summed E-state index contributed by atoms with van der Waals surface area (Å²) in [6.07, 6.45) is 15.3. The van der Waals surface area contributed by atoms with E-state index in [1.165, 1.54) is 68.9 Å². The molecular weight excluding hydrogens is 508 g/mol. The Labute approximate surface area is 247 Å². The van der Waals surface area contributed by atoms with Crippen molar-refractivity contribution in [2.45, 2.75) is 101 Å². The molecule has 5 nitrogen and oxygen atoms in total. The van der Waals surface area contributed by atoms with Crippen molar-refractivity contribution in [3.05, 3.63) is 65.7 Å². The molecule has 5 heteroatoms. The first-order valence-electron chi connectivity index (χ1n) is 16.3. The van der Waals surface area contributed by atoms with Gasteiger partial charge in [0.1, 0.15) is 11.9 Å². The number of phenolic OH excluding ortho intramolecular Hbond substituents is 1. The number of hydrogen-bond donors (Lipinski definition) is 1. The summed E-state index contributed by atoms with van der Waals surface area (Å²) in [6, 6.07) is 13.5. The summed E-state index contributed by atoms with van der Waals surface area (Å²) < 4.78 is 12.9. The first-order valence-corrected chi connectivity index (χ1v) is 16.3. The summed E-state index contributed by atoms with van der Waals surface area (Å²) in [4.78, 5) is 5.42. The third kappa shape index (κ3) is 5.07. The average Bonchev–Trinajstić information content (AvgIpc) is 3.33. The summed E-state index contributed by atoms with van der Waals surface area (Å²) in [5, 5.41) is 11.2. The predicted octanol–water partition coefficient (Wildman–Crippen LogP) is 6.90. The van der Waals surface area contributed by atoms with E-state index in [0.717, 1.165) is 50.3 Å². The first-order chi connectivity index (χ1) is 20.1. The van der Waals surface area contributed by atoms with E-state index in [1.807, 2.05) is 6.08 Å². The van der Waals surface area contributed by atoms with Gasteiger partial charge in [-0.1, -0.05) is 62.6 Å². The predicted molar refractivity (Wildman–Crippen MR) is 166 cm³/mol. The highest BCUT2D eigenvalue weighted by molar-refractivity contribution is 5.65. The minimum Gasteiger partial charge on any atom is -0.508 e. The lowest BCUT2D eigenvalue weighted by Crippen LogP contribution is -2.68. The topological polar surface area (TPSA) is 45.2 Å². The molecule has 2 aliphatic heterocycles. The van der Waals surface area contributed by atoms with E-state index in [2.05, 4.69) is 53.6 Å². The molecule has 2 fully saturated rings. The van der Waals surface area contributed by atoms with Crippen LogP contribution in [0.1, 0.15) is 81.4 Å². The maximum atomic E-state index is 11.2. The Hall–Kier alpha value is -2.50. The lowest BCUT2D eigenvalue weighted by atomic mass is 9.50. The number of ether oxygens (including phenoxy) is 2. The molecule has 0 radical (unpaired) electrons. The van der Waals surface area contributed by atoms with Crippen LogP contribution in [-0.4, -0.2) is 66.4 Å². The highest BCUT2D eigenvalue weighted by Gasteiger charge is 2.66. The third-order valence-electron chi connectivity index (χ3n) is 10.8. The number of rotatable bonds is 14. The highest BCUT2D eigenvalue weighted by Crippen LogP contribution is 2.65. The van der Waals surface area contributed by atoms with Crippen molar-refractivity contribution < 1.29 is 14.6 Å². The largest absolute Gasteiger partial charge is 0.508 e. The summed E-state index contributed by atoms with van der Waals surface area (Å²) in [5.41, 5.74) is 3.81. The van der Waals surface area contributed by atoms with Crippen molar-refractivity contribution >= 4 is 0 Å². The number of phenols is 1. The standard InChI is InChI=1S/C36H50N2O3/c1-4-6-21-38(22-13-8-7-10-14-26-15-11-9-12-16-26)29-18-17-28-30-24-27-31(39)25-32(40-3)34-33(27)36(28,35(29)41-34)19-23-37(30)20-5-2/h5,9,11-12,15-16,25,28-30,35,39H,2,4,6-8,10,13-14,17-24H2,1,3H3/t28-,29-,30+,35-,36-/m0/s1. The minimum absolute atomic E-state index is 0.0413. The molecule has 6 rings (SSSR count). The Balaban J connectivity index is 1.23. The SMILES string of the molecule is C=CCN1CC[C@]23c4c5c(O)cc(OC)c4O[C@H]2[C@@H](N(CCCC)CCCCCCc2ccccc2)CC[C@H]3[C@H]1C5. The van der Waals surface area contributed by atoms with Gasteiger partial charge >= 0.3 is 0 Å². The lowest BCUT2D eigenvalue weighted by Gasteiger charge is -2.60. The number of likely N-dealkylation sites (tertiary alicyclic amines) is 1. The van der Waals surface area contributed by atoms with Crippen LogP contribution in [0.5, 0.6) is 17.2 Å². The molecule has 4 aliphatic rings. The Morgan fingerprint density at radius 2 is 1.93 bits per heavy atom. The maximum Gasteiger partial charge on any atom is 0.166 e. The second-order valence-electron chi connectivity index (χ2n) is 13.0. The molecule has 2 aliphatic carbocycles. The van der Waals surface area contributed by atoms with E-state index in [9.17, 15) is 5.11 Å². The molecule has 41 heavy (non-hydrogen) atoms. The van der Waals surface area contributed by atoms with Crippen LogP contribution in [-0.2, 0) is 18.3 Å². The number of methoxy groups -OCH3 is 1. The Kier molecular flexibility index (Phi) is 8.65. The number of aromatic hydroxyl groups is 1. The van der Waals surface area contributed by atoms with Crippen molar-refractivity contribution in [3.63, 3.8) is 0 Å². The molecule has 2 aromatic carbocycles. The molecule has 222 valence electrons. The fourth-order valence-corrected chi connectivity index (χ4v) is 9.02. The number of hydrogen-bond acceptors (Lipinski definition) is 5. The molecule has 0 aromatic heterocycles. The van der Waals surface area contributed by atoms with Gasteiger partial charge in [-0.25, -0.2) is 0 Å². The molecule has 2 heterocycles. The number of piperidine rings is 1. The van der Waals surface area contributed by atoms with Gasteiger partial charge in [0.25, 0.3) is 0 Å². The van der Waals surface area contributed by atoms with Gasteiger partial charge in [0.2, 0.25) is 0 Å². The monoisotopic (exact) mass is 558 g/mol. The van der Waals surface area contributed by atoms with E-state index >= 15 is 0 Å². The van der Waals surface area contributed by atoms with Crippen LogP contribution in [0, 0.1) is 5.92 Å². The van der Waals surface area contributed by atoms with Gasteiger partial charge in [-0.2, -0.15) is 0 Å². The second-order valence-corrected chi connectivity index (χ2v) is 13.0. The van der Waals surface area contributed by atoms with Gasteiger partial charge in [-0.05, 0) is 82.5 Å². The fraction of sp³-hybridized carbons (Fsp3) is 0.611. The number of benzene rings is 2. The van der Waals surface area contributed by atoms with Crippen LogP contribution in [0.4, 0.5) is 0 Å². The van der Waals surface area contributed by atoms with Crippen molar-refractivity contribution in [2.75, 3.05) is 33.3 Å². The van der Waals surface area contributed by atoms with Crippen LogP contribution in [0.2, 0.25) is 0 Å². The van der Waals surface area contributed by atoms with Crippen LogP contribution in [0.15, 0.2) is 49.1 Å². The van der Waals surface area contributed by atoms with E-state index in [-0.39, 0.29) is 11.5 Å². The van der Waals surface area contributed by atoms with Crippen molar-refractivity contribution in [3.8, 4) is 17.2 Å². The minimum atomic E-state index is -0.0413. The normalized spacial score (nSPS) is 27.9. The van der Waals surface area contributed by atoms with Gasteiger partial charge in [-0.3, -0.25) is 9.80 Å². The molecule has 0 amide bonds. The number of aryl methyl sites for hydroxylation is 1. The summed E-state index contributed by atoms with van der Waals surface area (Å²) in [7, 11) is 1.71. The smallest absolute Gasteiger partial charge is 0.166 e. The first kappa shape index (κ1) is 28.6. The van der Waals surface area contributed by atoms with E-state index < -0.39 is 0 Å². The summed E-state index contributed by atoms with van der Waals surface area (Å²) in [5.74, 6) is 2.56. The van der Waals surface area contributed by atoms with Crippen molar-refractivity contribution in [2.24, 2.45) is 5.92 Å². The van der Waals surface area contributed by atoms with Crippen LogP contribution in [0.25, 0.3) is 0 Å². The van der Waals surface area contributed by atoms with Gasteiger partial charge < -0.3 is 14.6 Å². The molecule has 2 aromatic rings. The molecule has 2 bridgehead atoms. The summed E-state index contributed by atoms with van der Waals surface area (Å²) in [6.45, 7) is 10.6. The molecule has 1 saturated heterocycles. The Bertz CT molecular complexity index is 1200. The van der Waals surface area contributed by atoms with Gasteiger partial charge in [0, 0.05) is 41.2 Å². The van der Waals surface area contributed by atoms with E-state index in [0.29, 0.717) is 29.5 Å². The fourth-order valence-electron chi connectivity index (χ4n) is 9.02. The third-order valence-corrected chi connectivity index (χ3v) is 10.8. The van der Waals surface area contributed by atoms with Crippen molar-refractivity contribution in [1.82, 2.24) is 9.80 Å². The van der Waals surface area contributed by atoms with Crippen LogP contribution >= 0.6 is 0 Å².